The molecule has 0 bridgehead atoms. The highest BCUT2D eigenvalue weighted by Crippen LogP contribution is 2.28. The van der Waals surface area contributed by atoms with E-state index >= 15 is 0 Å². The molecule has 1 unspecified atom stereocenters. The van der Waals surface area contributed by atoms with Crippen LogP contribution in [0.15, 0.2) is 0 Å². The van der Waals surface area contributed by atoms with E-state index in [2.05, 4.69) is 15.4 Å². The van der Waals surface area contributed by atoms with Crippen LogP contribution in [0.1, 0.15) is 38.1 Å². The molecule has 0 spiro atoms. The number of anilines is 1. The van der Waals surface area contributed by atoms with E-state index in [1.807, 2.05) is 13.8 Å². The SMILES string of the molecule is CC(C)c1nc2n(n1)C(C(F)F)CCN2. The highest BCUT2D eigenvalue weighted by Gasteiger charge is 2.30. The molecular formula is C9H14F2N4. The maximum atomic E-state index is 12.7. The zero-order chi connectivity index (χ0) is 11.0. The average molecular weight is 216 g/mol. The second kappa shape index (κ2) is 3.75. The van der Waals surface area contributed by atoms with E-state index in [0.29, 0.717) is 24.7 Å². The van der Waals surface area contributed by atoms with Crippen LogP contribution in [0.25, 0.3) is 0 Å². The lowest BCUT2D eigenvalue weighted by Gasteiger charge is -2.23. The van der Waals surface area contributed by atoms with Gasteiger partial charge in [0.1, 0.15) is 6.04 Å². The van der Waals surface area contributed by atoms with Gasteiger partial charge in [-0.2, -0.15) is 10.1 Å². The van der Waals surface area contributed by atoms with Gasteiger partial charge in [-0.25, -0.2) is 13.5 Å². The van der Waals surface area contributed by atoms with Crippen molar-refractivity contribution < 1.29 is 8.78 Å². The fraction of sp³-hybridized carbons (Fsp3) is 0.778. The van der Waals surface area contributed by atoms with Crippen LogP contribution >= 0.6 is 0 Å². The Kier molecular flexibility index (Phi) is 2.58. The summed E-state index contributed by atoms with van der Waals surface area (Å²) < 4.78 is 26.7. The molecule has 1 aromatic heterocycles. The zero-order valence-electron chi connectivity index (χ0n) is 8.74. The van der Waals surface area contributed by atoms with E-state index in [4.69, 9.17) is 0 Å². The minimum Gasteiger partial charge on any atom is -0.354 e. The van der Waals surface area contributed by atoms with E-state index in [9.17, 15) is 8.78 Å². The summed E-state index contributed by atoms with van der Waals surface area (Å²) in [6.07, 6.45) is -1.99. The van der Waals surface area contributed by atoms with Crippen LogP contribution in [-0.4, -0.2) is 27.7 Å². The van der Waals surface area contributed by atoms with Crippen molar-refractivity contribution in [2.24, 2.45) is 0 Å². The van der Waals surface area contributed by atoms with E-state index in [0.717, 1.165) is 0 Å². The number of hydrogen-bond acceptors (Lipinski definition) is 3. The third-order valence-corrected chi connectivity index (χ3v) is 2.49. The van der Waals surface area contributed by atoms with E-state index < -0.39 is 12.5 Å². The average Bonchev–Trinajstić information content (AvgIpc) is 2.60. The first-order valence-corrected chi connectivity index (χ1v) is 5.08. The van der Waals surface area contributed by atoms with Crippen molar-refractivity contribution in [1.82, 2.24) is 14.8 Å². The summed E-state index contributed by atoms with van der Waals surface area (Å²) >= 11 is 0. The molecule has 0 saturated heterocycles. The Hall–Kier alpha value is -1.20. The first kappa shape index (κ1) is 10.3. The second-order valence-electron chi connectivity index (χ2n) is 4.01. The maximum absolute atomic E-state index is 12.7. The second-order valence-corrected chi connectivity index (χ2v) is 4.01. The lowest BCUT2D eigenvalue weighted by Crippen LogP contribution is -2.28. The molecule has 0 aromatic carbocycles. The summed E-state index contributed by atoms with van der Waals surface area (Å²) in [7, 11) is 0. The summed E-state index contributed by atoms with van der Waals surface area (Å²) in [4.78, 5) is 4.19. The van der Waals surface area contributed by atoms with Crippen molar-refractivity contribution >= 4 is 5.95 Å². The number of alkyl halides is 2. The molecule has 1 aromatic rings. The van der Waals surface area contributed by atoms with Gasteiger partial charge in [0.15, 0.2) is 5.82 Å². The fourth-order valence-electron chi connectivity index (χ4n) is 1.62. The lowest BCUT2D eigenvalue weighted by atomic mass is 10.2. The molecule has 15 heavy (non-hydrogen) atoms. The number of hydrogen-bond donors (Lipinski definition) is 1. The summed E-state index contributed by atoms with van der Waals surface area (Å²) in [5, 5.41) is 7.09. The summed E-state index contributed by atoms with van der Waals surface area (Å²) in [5.74, 6) is 1.24. The summed E-state index contributed by atoms with van der Waals surface area (Å²) in [6, 6.07) is -0.832. The van der Waals surface area contributed by atoms with Gasteiger partial charge in [-0.1, -0.05) is 13.8 Å². The molecule has 0 amide bonds. The topological polar surface area (TPSA) is 42.7 Å². The number of aromatic nitrogens is 3. The molecule has 1 aliphatic heterocycles. The summed E-state index contributed by atoms with van der Waals surface area (Å²) in [5.41, 5.74) is 0. The molecule has 84 valence electrons. The van der Waals surface area contributed by atoms with Crippen molar-refractivity contribution in [3.63, 3.8) is 0 Å². The molecule has 0 radical (unpaired) electrons. The van der Waals surface area contributed by atoms with Gasteiger partial charge in [0.25, 0.3) is 6.43 Å². The normalized spacial score (nSPS) is 20.5. The molecule has 0 fully saturated rings. The fourth-order valence-corrected chi connectivity index (χ4v) is 1.62. The van der Waals surface area contributed by atoms with Gasteiger partial charge in [0, 0.05) is 12.5 Å². The third-order valence-electron chi connectivity index (χ3n) is 2.49. The van der Waals surface area contributed by atoms with Crippen LogP contribution in [0.5, 0.6) is 0 Å². The Labute approximate surface area is 86.7 Å². The molecular weight excluding hydrogens is 202 g/mol. The Morgan fingerprint density at radius 3 is 2.80 bits per heavy atom. The lowest BCUT2D eigenvalue weighted by molar-refractivity contribution is 0.0711. The number of halogens is 2. The molecule has 2 heterocycles. The van der Waals surface area contributed by atoms with Gasteiger partial charge in [-0.15, -0.1) is 0 Å². The third kappa shape index (κ3) is 1.80. The number of fused-ring (bicyclic) bond motifs is 1. The van der Waals surface area contributed by atoms with Crippen LogP contribution in [0.2, 0.25) is 0 Å². The first-order chi connectivity index (χ1) is 7.09. The molecule has 4 nitrogen and oxygen atoms in total. The molecule has 1 aliphatic rings. The van der Waals surface area contributed by atoms with E-state index in [1.54, 1.807) is 0 Å². The monoisotopic (exact) mass is 216 g/mol. The standard InChI is InChI=1S/C9H14F2N4/c1-5(2)8-13-9-12-4-3-6(7(10)11)15(9)14-8/h5-7H,3-4H2,1-2H3,(H,12,13,14). The highest BCUT2D eigenvalue weighted by molar-refractivity contribution is 5.28. The Bertz CT molecular complexity index is 348. The Balaban J connectivity index is 2.34. The minimum absolute atomic E-state index is 0.156. The molecule has 0 aliphatic carbocycles. The van der Waals surface area contributed by atoms with Crippen molar-refractivity contribution in [2.75, 3.05) is 11.9 Å². The van der Waals surface area contributed by atoms with Crippen molar-refractivity contribution in [2.45, 2.75) is 38.7 Å². The van der Waals surface area contributed by atoms with Crippen LogP contribution in [0.4, 0.5) is 14.7 Å². The minimum atomic E-state index is -2.38. The van der Waals surface area contributed by atoms with Crippen LogP contribution < -0.4 is 5.32 Å². The molecule has 2 rings (SSSR count). The zero-order valence-corrected chi connectivity index (χ0v) is 8.74. The van der Waals surface area contributed by atoms with Crippen LogP contribution in [0.3, 0.4) is 0 Å². The maximum Gasteiger partial charge on any atom is 0.260 e. The number of nitrogens with one attached hydrogen (secondary N) is 1. The smallest absolute Gasteiger partial charge is 0.260 e. The summed E-state index contributed by atoms with van der Waals surface area (Å²) in [6.45, 7) is 4.42. The van der Waals surface area contributed by atoms with Gasteiger partial charge in [-0.3, -0.25) is 0 Å². The Morgan fingerprint density at radius 1 is 1.47 bits per heavy atom. The number of rotatable bonds is 2. The van der Waals surface area contributed by atoms with Gasteiger partial charge in [0.05, 0.1) is 0 Å². The van der Waals surface area contributed by atoms with Crippen molar-refractivity contribution in [3.8, 4) is 0 Å². The Morgan fingerprint density at radius 2 is 2.20 bits per heavy atom. The largest absolute Gasteiger partial charge is 0.354 e. The van der Waals surface area contributed by atoms with Gasteiger partial charge in [0.2, 0.25) is 5.95 Å². The predicted molar refractivity (Wildman–Crippen MR) is 52.3 cm³/mol. The molecule has 6 heteroatoms. The van der Waals surface area contributed by atoms with E-state index in [-0.39, 0.29) is 5.92 Å². The van der Waals surface area contributed by atoms with Gasteiger partial charge >= 0.3 is 0 Å². The molecule has 1 atom stereocenters. The number of nitrogens with zero attached hydrogens (tertiary/aromatic N) is 3. The first-order valence-electron chi connectivity index (χ1n) is 5.08. The highest BCUT2D eigenvalue weighted by atomic mass is 19.3. The quantitative estimate of drug-likeness (QED) is 0.822. The van der Waals surface area contributed by atoms with E-state index in [1.165, 1.54) is 4.68 Å². The van der Waals surface area contributed by atoms with Gasteiger partial charge < -0.3 is 5.32 Å². The molecule has 1 N–H and O–H groups in total. The van der Waals surface area contributed by atoms with Gasteiger partial charge in [-0.05, 0) is 6.42 Å². The van der Waals surface area contributed by atoms with Crippen molar-refractivity contribution in [1.29, 1.82) is 0 Å². The molecule has 0 saturated carbocycles. The predicted octanol–water partition coefficient (Wildman–Crippen LogP) is 2.02. The van der Waals surface area contributed by atoms with Crippen molar-refractivity contribution in [3.05, 3.63) is 5.82 Å². The van der Waals surface area contributed by atoms with Crippen LogP contribution in [-0.2, 0) is 0 Å². The van der Waals surface area contributed by atoms with Crippen LogP contribution in [0, 0.1) is 0 Å².